The maximum atomic E-state index is 11.2. The van der Waals surface area contributed by atoms with Crippen LogP contribution in [0.15, 0.2) is 36.9 Å². The van der Waals surface area contributed by atoms with E-state index in [1.165, 1.54) is 11.9 Å². The summed E-state index contributed by atoms with van der Waals surface area (Å²) in [5.74, 6) is 0. The van der Waals surface area contributed by atoms with Gasteiger partial charge in [-0.05, 0) is 24.3 Å². The molecule has 2 aromatic rings. The van der Waals surface area contributed by atoms with Gasteiger partial charge in [0.05, 0.1) is 6.54 Å². The molecule has 1 atom stereocenters. The van der Waals surface area contributed by atoms with E-state index in [2.05, 4.69) is 30.9 Å². The Kier molecular flexibility index (Phi) is 3.95. The maximum absolute atomic E-state index is 11.2. The molecule has 4 heteroatoms. The minimum atomic E-state index is -0.945. The number of aromatic nitrogens is 3. The zero-order valence-corrected chi connectivity index (χ0v) is 12.7. The second kappa shape index (κ2) is 5.37. The number of aryl methyl sites for hydroxylation is 1. The molecule has 0 radical (unpaired) electrons. The Morgan fingerprint density at radius 1 is 1.15 bits per heavy atom. The van der Waals surface area contributed by atoms with E-state index in [-0.39, 0.29) is 5.41 Å². The zero-order chi connectivity index (χ0) is 14.8. The van der Waals surface area contributed by atoms with Crippen molar-refractivity contribution in [3.63, 3.8) is 0 Å². The lowest BCUT2D eigenvalue weighted by Crippen LogP contribution is -2.36. The second-order valence-electron chi connectivity index (χ2n) is 6.73. The van der Waals surface area contributed by atoms with Crippen LogP contribution in [0.1, 0.15) is 38.3 Å². The molecule has 0 aliphatic carbocycles. The van der Waals surface area contributed by atoms with Crippen molar-refractivity contribution in [1.82, 2.24) is 14.8 Å². The van der Waals surface area contributed by atoms with Crippen molar-refractivity contribution in [3.8, 4) is 0 Å². The van der Waals surface area contributed by atoms with Crippen LogP contribution in [-0.4, -0.2) is 19.9 Å². The highest BCUT2D eigenvalue weighted by atomic mass is 16.3. The van der Waals surface area contributed by atoms with Crippen LogP contribution in [0.2, 0.25) is 0 Å². The molecule has 108 valence electrons. The summed E-state index contributed by atoms with van der Waals surface area (Å²) in [6.45, 7) is 8.85. The SMILES string of the molecule is Cc1ccc(C(O)(Cn2cncn2)CC(C)(C)C)cc1. The second-order valence-corrected chi connectivity index (χ2v) is 6.73. The molecule has 0 fully saturated rings. The normalized spacial score (nSPS) is 15.1. The van der Waals surface area contributed by atoms with E-state index >= 15 is 0 Å². The molecule has 1 heterocycles. The van der Waals surface area contributed by atoms with Crippen molar-refractivity contribution in [3.05, 3.63) is 48.0 Å². The van der Waals surface area contributed by atoms with Crippen molar-refractivity contribution in [2.24, 2.45) is 5.41 Å². The van der Waals surface area contributed by atoms with Gasteiger partial charge in [-0.15, -0.1) is 0 Å². The number of aliphatic hydroxyl groups is 1. The average Bonchev–Trinajstić information content (AvgIpc) is 2.79. The summed E-state index contributed by atoms with van der Waals surface area (Å²) >= 11 is 0. The van der Waals surface area contributed by atoms with Crippen molar-refractivity contribution in [2.45, 2.75) is 46.3 Å². The topological polar surface area (TPSA) is 50.9 Å². The van der Waals surface area contributed by atoms with Crippen molar-refractivity contribution in [2.75, 3.05) is 0 Å². The molecular formula is C16H23N3O. The molecule has 1 N–H and O–H groups in total. The lowest BCUT2D eigenvalue weighted by molar-refractivity contribution is -0.0216. The predicted octanol–water partition coefficient (Wildman–Crippen LogP) is 2.91. The molecule has 0 saturated heterocycles. The molecule has 0 aliphatic heterocycles. The first-order chi connectivity index (χ1) is 9.28. The summed E-state index contributed by atoms with van der Waals surface area (Å²) in [5.41, 5.74) is 1.18. The van der Waals surface area contributed by atoms with Gasteiger partial charge in [0.15, 0.2) is 0 Å². The van der Waals surface area contributed by atoms with Crippen LogP contribution in [0.3, 0.4) is 0 Å². The van der Waals surface area contributed by atoms with Crippen LogP contribution in [-0.2, 0) is 12.1 Å². The minimum Gasteiger partial charge on any atom is -0.383 e. The highest BCUT2D eigenvalue weighted by molar-refractivity contribution is 5.26. The summed E-state index contributed by atoms with van der Waals surface area (Å²) in [4.78, 5) is 3.95. The molecule has 2 rings (SSSR count). The fraction of sp³-hybridized carbons (Fsp3) is 0.500. The van der Waals surface area contributed by atoms with Crippen LogP contribution in [0.25, 0.3) is 0 Å². The Morgan fingerprint density at radius 2 is 1.80 bits per heavy atom. The molecule has 1 aromatic heterocycles. The number of hydrogen-bond acceptors (Lipinski definition) is 3. The van der Waals surface area contributed by atoms with Crippen LogP contribution in [0.4, 0.5) is 0 Å². The van der Waals surface area contributed by atoms with Gasteiger partial charge in [-0.25, -0.2) is 9.67 Å². The highest BCUT2D eigenvalue weighted by Crippen LogP contribution is 2.36. The maximum Gasteiger partial charge on any atom is 0.137 e. The Morgan fingerprint density at radius 3 is 2.30 bits per heavy atom. The molecule has 1 aromatic carbocycles. The fourth-order valence-electron chi connectivity index (χ4n) is 2.57. The summed E-state index contributed by atoms with van der Waals surface area (Å²) in [7, 11) is 0. The molecule has 20 heavy (non-hydrogen) atoms. The van der Waals surface area contributed by atoms with E-state index in [9.17, 15) is 5.11 Å². The number of benzene rings is 1. The summed E-state index contributed by atoms with van der Waals surface area (Å²) in [5, 5.41) is 15.3. The third-order valence-corrected chi connectivity index (χ3v) is 3.30. The van der Waals surface area contributed by atoms with Crippen molar-refractivity contribution in [1.29, 1.82) is 0 Å². The van der Waals surface area contributed by atoms with Crippen LogP contribution in [0.5, 0.6) is 0 Å². The molecule has 0 aliphatic rings. The lowest BCUT2D eigenvalue weighted by atomic mass is 9.78. The molecular weight excluding hydrogens is 250 g/mol. The quantitative estimate of drug-likeness (QED) is 0.932. The number of rotatable bonds is 4. The van der Waals surface area contributed by atoms with Crippen LogP contribution >= 0.6 is 0 Å². The highest BCUT2D eigenvalue weighted by Gasteiger charge is 2.34. The number of hydrogen-bond donors (Lipinski definition) is 1. The first-order valence-electron chi connectivity index (χ1n) is 6.90. The predicted molar refractivity (Wildman–Crippen MR) is 79.2 cm³/mol. The zero-order valence-electron chi connectivity index (χ0n) is 12.7. The first-order valence-corrected chi connectivity index (χ1v) is 6.90. The number of nitrogens with zero attached hydrogens (tertiary/aromatic N) is 3. The minimum absolute atomic E-state index is 0.0141. The monoisotopic (exact) mass is 273 g/mol. The third kappa shape index (κ3) is 3.67. The Bertz CT molecular complexity index is 540. The molecule has 1 unspecified atom stereocenters. The smallest absolute Gasteiger partial charge is 0.137 e. The third-order valence-electron chi connectivity index (χ3n) is 3.30. The standard InChI is InChI=1S/C16H23N3O/c1-13-5-7-14(8-6-13)16(20,9-15(2,3)4)10-19-12-17-11-18-19/h5-8,11-12,20H,9-10H2,1-4H3. The Balaban J connectivity index is 2.34. The van der Waals surface area contributed by atoms with Gasteiger partial charge >= 0.3 is 0 Å². The van der Waals surface area contributed by atoms with E-state index in [1.54, 1.807) is 11.0 Å². The van der Waals surface area contributed by atoms with Gasteiger partial charge in [0.1, 0.15) is 18.3 Å². The van der Waals surface area contributed by atoms with E-state index in [0.717, 1.165) is 5.56 Å². The van der Waals surface area contributed by atoms with Crippen molar-refractivity contribution < 1.29 is 5.11 Å². The van der Waals surface area contributed by atoms with E-state index < -0.39 is 5.60 Å². The van der Waals surface area contributed by atoms with Gasteiger partial charge in [0.25, 0.3) is 0 Å². The van der Waals surface area contributed by atoms with Gasteiger partial charge in [-0.1, -0.05) is 50.6 Å². The molecule has 0 amide bonds. The van der Waals surface area contributed by atoms with E-state index in [1.807, 2.05) is 31.2 Å². The largest absolute Gasteiger partial charge is 0.383 e. The molecule has 0 bridgehead atoms. The average molecular weight is 273 g/mol. The molecule has 0 saturated carbocycles. The van der Waals surface area contributed by atoms with Crippen LogP contribution in [0, 0.1) is 12.3 Å². The van der Waals surface area contributed by atoms with Gasteiger partial charge in [0.2, 0.25) is 0 Å². The fourth-order valence-corrected chi connectivity index (χ4v) is 2.57. The van der Waals surface area contributed by atoms with E-state index in [0.29, 0.717) is 13.0 Å². The molecule has 0 spiro atoms. The van der Waals surface area contributed by atoms with Crippen LogP contribution < -0.4 is 0 Å². The summed E-state index contributed by atoms with van der Waals surface area (Å²) < 4.78 is 1.69. The van der Waals surface area contributed by atoms with Gasteiger partial charge in [-0.2, -0.15) is 5.10 Å². The first kappa shape index (κ1) is 14.7. The Hall–Kier alpha value is -1.68. The van der Waals surface area contributed by atoms with Crippen molar-refractivity contribution >= 4 is 0 Å². The lowest BCUT2D eigenvalue weighted by Gasteiger charge is -2.34. The van der Waals surface area contributed by atoms with Gasteiger partial charge < -0.3 is 5.11 Å². The summed E-state index contributed by atoms with van der Waals surface area (Å²) in [6.07, 6.45) is 3.79. The van der Waals surface area contributed by atoms with Gasteiger partial charge in [0, 0.05) is 0 Å². The molecule has 4 nitrogen and oxygen atoms in total. The Labute approximate surface area is 120 Å². The van der Waals surface area contributed by atoms with Gasteiger partial charge in [-0.3, -0.25) is 0 Å². The summed E-state index contributed by atoms with van der Waals surface area (Å²) in [6, 6.07) is 8.06. The van der Waals surface area contributed by atoms with E-state index in [4.69, 9.17) is 0 Å².